The van der Waals surface area contributed by atoms with Crippen molar-refractivity contribution in [2.45, 2.75) is 113 Å². The Hall–Kier alpha value is -0.300. The molecule has 4 N–H and O–H groups in total. The van der Waals surface area contributed by atoms with Crippen molar-refractivity contribution < 1.29 is 25.2 Å². The Bertz CT molecular complexity index is 441. The second kappa shape index (κ2) is 13.1. The molecule has 28 heavy (non-hydrogen) atoms. The van der Waals surface area contributed by atoms with Crippen LogP contribution in [0.1, 0.15) is 89.9 Å². The maximum atomic E-state index is 10.5. The molecule has 0 heterocycles. The van der Waals surface area contributed by atoms with Crippen molar-refractivity contribution in [2.75, 3.05) is 5.75 Å². The van der Waals surface area contributed by atoms with Gasteiger partial charge >= 0.3 is 5.97 Å². The third kappa shape index (κ3) is 8.60. The van der Waals surface area contributed by atoms with Crippen molar-refractivity contribution in [2.24, 2.45) is 11.8 Å². The highest BCUT2D eigenvalue weighted by Gasteiger charge is 2.40. The molecule has 2 unspecified atom stereocenters. The third-order valence-electron chi connectivity index (χ3n) is 6.61. The molecule has 0 aromatic carbocycles. The van der Waals surface area contributed by atoms with Gasteiger partial charge in [0.05, 0.1) is 18.3 Å². The predicted molar refractivity (Wildman–Crippen MR) is 114 cm³/mol. The molecule has 5 nitrogen and oxygen atoms in total. The molecule has 0 amide bonds. The molecule has 2 fully saturated rings. The van der Waals surface area contributed by atoms with Gasteiger partial charge < -0.3 is 20.4 Å². The monoisotopic (exact) mass is 416 g/mol. The van der Waals surface area contributed by atoms with Crippen LogP contribution in [0.2, 0.25) is 0 Å². The lowest BCUT2D eigenvalue weighted by molar-refractivity contribution is -0.137. The van der Waals surface area contributed by atoms with Crippen molar-refractivity contribution in [1.82, 2.24) is 0 Å². The third-order valence-corrected chi connectivity index (χ3v) is 8.13. The van der Waals surface area contributed by atoms with E-state index in [1.54, 1.807) is 0 Å². The Balaban J connectivity index is 1.65. The van der Waals surface area contributed by atoms with E-state index in [2.05, 4.69) is 0 Å². The van der Waals surface area contributed by atoms with E-state index in [0.29, 0.717) is 24.5 Å². The van der Waals surface area contributed by atoms with Crippen LogP contribution < -0.4 is 0 Å². The van der Waals surface area contributed by atoms with Gasteiger partial charge in [-0.25, -0.2) is 0 Å². The number of hydrogen-bond acceptors (Lipinski definition) is 5. The predicted octanol–water partition coefficient (Wildman–Crippen LogP) is 3.98. The molecule has 5 atom stereocenters. The van der Waals surface area contributed by atoms with Crippen LogP contribution in [-0.2, 0) is 4.79 Å². The van der Waals surface area contributed by atoms with Gasteiger partial charge in [0.1, 0.15) is 0 Å². The van der Waals surface area contributed by atoms with E-state index in [1.165, 1.54) is 32.1 Å². The topological polar surface area (TPSA) is 98.0 Å². The molecule has 0 aromatic rings. The van der Waals surface area contributed by atoms with Crippen molar-refractivity contribution in [3.8, 4) is 0 Å². The number of thioether (sulfide) groups is 1. The van der Waals surface area contributed by atoms with Crippen LogP contribution in [0.5, 0.6) is 0 Å². The van der Waals surface area contributed by atoms with E-state index < -0.39 is 18.2 Å². The minimum Gasteiger partial charge on any atom is -0.481 e. The lowest BCUT2D eigenvalue weighted by atomic mass is 9.85. The first-order valence-corrected chi connectivity index (χ1v) is 12.4. The molecule has 6 heteroatoms. The van der Waals surface area contributed by atoms with Gasteiger partial charge in [-0.15, -0.1) is 0 Å². The lowest BCUT2D eigenvalue weighted by Gasteiger charge is -2.25. The summed E-state index contributed by atoms with van der Waals surface area (Å²) in [6.45, 7) is 0. The summed E-state index contributed by atoms with van der Waals surface area (Å²) in [5.74, 6) is 0.218. The Kier molecular flexibility index (Phi) is 11.2. The molecular weight excluding hydrogens is 376 g/mol. The number of rotatable bonds is 13. The number of carboxylic acid groups (broad SMARTS) is 1. The van der Waals surface area contributed by atoms with Gasteiger partial charge in [-0.2, -0.15) is 11.8 Å². The number of aliphatic carboxylic acids is 1. The fraction of sp³-hybridized carbons (Fsp3) is 0.955. The molecule has 0 spiro atoms. The smallest absolute Gasteiger partial charge is 0.303 e. The minimum atomic E-state index is -0.741. The number of aliphatic hydroxyl groups excluding tert-OH is 3. The summed E-state index contributed by atoms with van der Waals surface area (Å²) in [7, 11) is 0. The largest absolute Gasteiger partial charge is 0.481 e. The summed E-state index contributed by atoms with van der Waals surface area (Å²) >= 11 is 1.91. The molecular formula is C22H40O5S. The second-order valence-corrected chi connectivity index (χ2v) is 10.2. The number of carboxylic acids is 1. The molecule has 0 aliphatic heterocycles. The van der Waals surface area contributed by atoms with E-state index >= 15 is 0 Å². The van der Waals surface area contributed by atoms with Crippen molar-refractivity contribution in [3.63, 3.8) is 0 Å². The quantitative estimate of drug-likeness (QED) is 0.339. The standard InChI is InChI=1S/C22H40O5S/c23-16(15-28-17-8-4-3-5-9-17)12-13-19-18(20(24)14-21(19)25)10-6-1-2-7-11-22(26)27/h16-21,23-25H,1-15H2,(H,26,27)/t16?,18?,19-,20+,21-/m1/s1. The lowest BCUT2D eigenvalue weighted by Crippen LogP contribution is -2.24. The maximum Gasteiger partial charge on any atom is 0.303 e. The molecule has 0 bridgehead atoms. The second-order valence-electron chi connectivity index (χ2n) is 8.87. The summed E-state index contributed by atoms with van der Waals surface area (Å²) in [4.78, 5) is 10.5. The summed E-state index contributed by atoms with van der Waals surface area (Å²) in [5.41, 5.74) is 0. The highest BCUT2D eigenvalue weighted by molar-refractivity contribution is 7.99. The number of carbonyl (C=O) groups is 1. The van der Waals surface area contributed by atoms with Gasteiger partial charge in [0.2, 0.25) is 0 Å². The SMILES string of the molecule is O=C(O)CCCCCCC1[C@@H](CCC(O)CSC2CCCCC2)[C@H](O)C[C@@H]1O. The van der Waals surface area contributed by atoms with Crippen LogP contribution in [0.4, 0.5) is 0 Å². The molecule has 164 valence electrons. The van der Waals surface area contributed by atoms with Crippen molar-refractivity contribution >= 4 is 17.7 Å². The van der Waals surface area contributed by atoms with Crippen molar-refractivity contribution in [3.05, 3.63) is 0 Å². The zero-order valence-corrected chi connectivity index (χ0v) is 18.0. The fourth-order valence-electron chi connectivity index (χ4n) is 4.94. The van der Waals surface area contributed by atoms with Crippen LogP contribution in [0.3, 0.4) is 0 Å². The van der Waals surface area contributed by atoms with E-state index in [9.17, 15) is 20.1 Å². The molecule has 0 saturated heterocycles. The minimum absolute atomic E-state index is 0.0725. The van der Waals surface area contributed by atoms with Crippen LogP contribution in [0.25, 0.3) is 0 Å². The van der Waals surface area contributed by atoms with Gasteiger partial charge in [0.15, 0.2) is 0 Å². The Morgan fingerprint density at radius 3 is 2.25 bits per heavy atom. The first-order valence-electron chi connectivity index (χ1n) is 11.3. The molecule has 2 rings (SSSR count). The number of hydrogen-bond donors (Lipinski definition) is 4. The van der Waals surface area contributed by atoms with E-state index in [1.807, 2.05) is 11.8 Å². The maximum absolute atomic E-state index is 10.5. The van der Waals surface area contributed by atoms with Gasteiger partial charge in [-0.05, 0) is 56.8 Å². The van der Waals surface area contributed by atoms with Crippen LogP contribution in [0.15, 0.2) is 0 Å². The summed E-state index contributed by atoms with van der Waals surface area (Å²) < 4.78 is 0. The zero-order chi connectivity index (χ0) is 20.4. The van der Waals surface area contributed by atoms with Crippen LogP contribution in [0, 0.1) is 11.8 Å². The van der Waals surface area contributed by atoms with E-state index in [-0.39, 0.29) is 24.4 Å². The highest BCUT2D eigenvalue weighted by Crippen LogP contribution is 2.39. The first kappa shape index (κ1) is 24.0. The first-order chi connectivity index (χ1) is 13.5. The highest BCUT2D eigenvalue weighted by atomic mass is 32.2. The average Bonchev–Trinajstić information content (AvgIpc) is 2.94. The number of aliphatic hydroxyl groups is 3. The Morgan fingerprint density at radius 2 is 1.57 bits per heavy atom. The summed E-state index contributed by atoms with van der Waals surface area (Å²) in [5, 5.41) is 40.5. The molecule has 0 aromatic heterocycles. The van der Waals surface area contributed by atoms with Crippen LogP contribution in [-0.4, -0.2) is 55.7 Å². The van der Waals surface area contributed by atoms with Gasteiger partial charge in [-0.1, -0.05) is 38.5 Å². The van der Waals surface area contributed by atoms with Crippen molar-refractivity contribution in [1.29, 1.82) is 0 Å². The van der Waals surface area contributed by atoms with Crippen LogP contribution >= 0.6 is 11.8 Å². The van der Waals surface area contributed by atoms with Gasteiger partial charge in [-0.3, -0.25) is 4.79 Å². The Labute approximate surface area is 174 Å². The normalized spacial score (nSPS) is 29.8. The molecule has 2 aliphatic carbocycles. The van der Waals surface area contributed by atoms with Gasteiger partial charge in [0.25, 0.3) is 0 Å². The molecule has 2 aliphatic rings. The van der Waals surface area contributed by atoms with E-state index in [4.69, 9.17) is 5.11 Å². The molecule has 2 saturated carbocycles. The Morgan fingerprint density at radius 1 is 0.929 bits per heavy atom. The van der Waals surface area contributed by atoms with E-state index in [0.717, 1.165) is 37.9 Å². The summed E-state index contributed by atoms with van der Waals surface area (Å²) in [6.07, 6.45) is 11.9. The average molecular weight is 417 g/mol. The number of unbranched alkanes of at least 4 members (excludes halogenated alkanes) is 3. The van der Waals surface area contributed by atoms with Gasteiger partial charge in [0, 0.05) is 17.4 Å². The zero-order valence-electron chi connectivity index (χ0n) is 17.2. The molecule has 0 radical (unpaired) electrons. The fourth-order valence-corrected chi connectivity index (χ4v) is 6.27. The summed E-state index contributed by atoms with van der Waals surface area (Å²) in [6, 6.07) is 0.